The van der Waals surface area contributed by atoms with Crippen molar-refractivity contribution in [1.29, 1.82) is 0 Å². The minimum atomic E-state index is -0.407. The van der Waals surface area contributed by atoms with Crippen molar-refractivity contribution in [3.63, 3.8) is 0 Å². The Labute approximate surface area is 178 Å². The van der Waals surface area contributed by atoms with Crippen LogP contribution in [0.5, 0.6) is 0 Å². The highest BCUT2D eigenvalue weighted by molar-refractivity contribution is 7.20. The number of ether oxygens (including phenoxy) is 1. The number of nitrogens with zero attached hydrogens (tertiary/aromatic N) is 2. The summed E-state index contributed by atoms with van der Waals surface area (Å²) in [5.41, 5.74) is 3.80. The predicted octanol–water partition coefficient (Wildman–Crippen LogP) is 4.52. The molecular weight excluding hydrogens is 396 g/mol. The van der Waals surface area contributed by atoms with Gasteiger partial charge in [-0.3, -0.25) is 9.36 Å². The van der Waals surface area contributed by atoms with Crippen molar-refractivity contribution in [2.75, 3.05) is 6.61 Å². The average Bonchev–Trinajstić information content (AvgIpc) is 3.09. The number of fused-ring (bicyclic) bond motifs is 1. The number of rotatable bonds is 6. The number of hydrogen-bond donors (Lipinski definition) is 0. The van der Waals surface area contributed by atoms with Crippen LogP contribution in [0.2, 0.25) is 0 Å². The maximum Gasteiger partial charge on any atom is 0.348 e. The molecule has 0 unspecified atom stereocenters. The zero-order chi connectivity index (χ0) is 21.1. The summed E-state index contributed by atoms with van der Waals surface area (Å²) >= 11 is 1.21. The van der Waals surface area contributed by atoms with E-state index in [1.165, 1.54) is 16.9 Å². The van der Waals surface area contributed by atoms with Gasteiger partial charge in [0.2, 0.25) is 0 Å². The average molecular weight is 419 g/mol. The zero-order valence-corrected chi connectivity index (χ0v) is 17.7. The van der Waals surface area contributed by atoms with Gasteiger partial charge in [-0.25, -0.2) is 9.78 Å². The quantitative estimate of drug-likeness (QED) is 0.432. The minimum Gasteiger partial charge on any atom is -0.461 e. The number of benzene rings is 2. The van der Waals surface area contributed by atoms with Crippen LogP contribution in [0, 0.1) is 13.8 Å². The van der Waals surface area contributed by atoms with Gasteiger partial charge in [-0.15, -0.1) is 11.3 Å². The molecule has 0 saturated carbocycles. The molecule has 2 aromatic carbocycles. The SMILES string of the molecule is Cc1ccc(Cn2cnc3sc(C(=O)OCCc4ccccc4)c(C)c3c2=O)cc1. The standard InChI is InChI=1S/C24H22N2O3S/c1-16-8-10-19(11-9-16)14-26-15-25-22-20(23(26)27)17(2)21(30-22)24(28)29-13-12-18-6-4-3-5-7-18/h3-11,15H,12-14H2,1-2H3. The highest BCUT2D eigenvalue weighted by Crippen LogP contribution is 2.27. The molecule has 2 heterocycles. The van der Waals surface area contributed by atoms with Gasteiger partial charge in [-0.05, 0) is 30.5 Å². The molecule has 5 nitrogen and oxygen atoms in total. The number of carbonyl (C=O) groups is 1. The maximum atomic E-state index is 13.0. The van der Waals surface area contributed by atoms with E-state index in [1.807, 2.05) is 61.5 Å². The Morgan fingerprint density at radius 2 is 1.77 bits per heavy atom. The molecule has 0 radical (unpaired) electrons. The second kappa shape index (κ2) is 8.63. The molecule has 0 fully saturated rings. The van der Waals surface area contributed by atoms with Crippen molar-refractivity contribution < 1.29 is 9.53 Å². The van der Waals surface area contributed by atoms with E-state index in [1.54, 1.807) is 17.8 Å². The Morgan fingerprint density at radius 3 is 2.50 bits per heavy atom. The molecule has 0 aliphatic rings. The van der Waals surface area contributed by atoms with E-state index in [2.05, 4.69) is 4.98 Å². The Hall–Kier alpha value is -3.25. The Bertz CT molecular complexity index is 1240. The molecule has 4 rings (SSSR count). The van der Waals surface area contributed by atoms with E-state index in [-0.39, 0.29) is 5.56 Å². The molecule has 0 bridgehead atoms. The third kappa shape index (κ3) is 4.19. The van der Waals surface area contributed by atoms with Gasteiger partial charge in [0.1, 0.15) is 9.71 Å². The lowest BCUT2D eigenvalue weighted by atomic mass is 10.1. The van der Waals surface area contributed by atoms with Gasteiger partial charge in [-0.2, -0.15) is 0 Å². The highest BCUT2D eigenvalue weighted by Gasteiger charge is 2.20. The molecular formula is C24H22N2O3S. The summed E-state index contributed by atoms with van der Waals surface area (Å²) in [6.07, 6.45) is 2.20. The van der Waals surface area contributed by atoms with E-state index >= 15 is 0 Å². The first-order chi connectivity index (χ1) is 14.5. The van der Waals surface area contributed by atoms with Crippen LogP contribution in [-0.2, 0) is 17.7 Å². The summed E-state index contributed by atoms with van der Waals surface area (Å²) in [6, 6.07) is 17.9. The van der Waals surface area contributed by atoms with Crippen LogP contribution in [0.15, 0.2) is 65.7 Å². The van der Waals surface area contributed by atoms with Gasteiger partial charge in [0.05, 0.1) is 24.9 Å². The van der Waals surface area contributed by atoms with Crippen molar-refractivity contribution in [3.8, 4) is 0 Å². The molecule has 6 heteroatoms. The largest absolute Gasteiger partial charge is 0.461 e. The molecule has 0 saturated heterocycles. The topological polar surface area (TPSA) is 61.2 Å². The molecule has 4 aromatic rings. The second-order valence-corrected chi connectivity index (χ2v) is 8.27. The molecule has 0 amide bonds. The van der Waals surface area contributed by atoms with Crippen LogP contribution < -0.4 is 5.56 Å². The van der Waals surface area contributed by atoms with Gasteiger partial charge >= 0.3 is 5.97 Å². The minimum absolute atomic E-state index is 0.141. The molecule has 30 heavy (non-hydrogen) atoms. The summed E-state index contributed by atoms with van der Waals surface area (Å²) in [7, 11) is 0. The lowest BCUT2D eigenvalue weighted by molar-refractivity contribution is 0.0514. The number of hydrogen-bond acceptors (Lipinski definition) is 5. The number of aryl methyl sites for hydroxylation is 2. The van der Waals surface area contributed by atoms with Crippen LogP contribution in [0.25, 0.3) is 10.2 Å². The van der Waals surface area contributed by atoms with E-state index in [9.17, 15) is 9.59 Å². The Balaban J connectivity index is 1.54. The smallest absolute Gasteiger partial charge is 0.348 e. The first-order valence-electron chi connectivity index (χ1n) is 9.78. The van der Waals surface area contributed by atoms with Crippen LogP contribution in [-0.4, -0.2) is 22.1 Å². The van der Waals surface area contributed by atoms with Crippen molar-refractivity contribution in [3.05, 3.63) is 98.4 Å². The molecule has 0 N–H and O–H groups in total. The summed E-state index contributed by atoms with van der Waals surface area (Å²) in [5, 5.41) is 0.490. The van der Waals surface area contributed by atoms with Crippen molar-refractivity contribution >= 4 is 27.5 Å². The van der Waals surface area contributed by atoms with Crippen molar-refractivity contribution in [2.45, 2.75) is 26.8 Å². The number of carbonyl (C=O) groups excluding carboxylic acids is 1. The van der Waals surface area contributed by atoms with Gasteiger partial charge in [0.15, 0.2) is 0 Å². The number of thiophene rings is 1. The van der Waals surface area contributed by atoms with Crippen molar-refractivity contribution in [1.82, 2.24) is 9.55 Å². The summed E-state index contributed by atoms with van der Waals surface area (Å²) in [5.74, 6) is -0.407. The van der Waals surface area contributed by atoms with Crippen LogP contribution in [0.1, 0.15) is 31.9 Å². The van der Waals surface area contributed by atoms with Gasteiger partial charge < -0.3 is 4.74 Å². The fourth-order valence-electron chi connectivity index (χ4n) is 3.33. The summed E-state index contributed by atoms with van der Waals surface area (Å²) < 4.78 is 7.03. The lowest BCUT2D eigenvalue weighted by Crippen LogP contribution is -2.21. The fourth-order valence-corrected chi connectivity index (χ4v) is 4.36. The van der Waals surface area contributed by atoms with Crippen molar-refractivity contribution in [2.24, 2.45) is 0 Å². The summed E-state index contributed by atoms with van der Waals surface area (Å²) in [4.78, 5) is 31.1. The van der Waals surface area contributed by atoms with Gasteiger partial charge in [0.25, 0.3) is 5.56 Å². The zero-order valence-electron chi connectivity index (χ0n) is 16.9. The molecule has 152 valence electrons. The van der Waals surface area contributed by atoms with Crippen LogP contribution >= 0.6 is 11.3 Å². The van der Waals surface area contributed by atoms with E-state index < -0.39 is 5.97 Å². The third-order valence-electron chi connectivity index (χ3n) is 5.04. The van der Waals surface area contributed by atoms with Gasteiger partial charge in [-0.1, -0.05) is 60.2 Å². The fraction of sp³-hybridized carbons (Fsp3) is 0.208. The predicted molar refractivity (Wildman–Crippen MR) is 119 cm³/mol. The molecule has 0 aliphatic heterocycles. The maximum absolute atomic E-state index is 13.0. The third-order valence-corrected chi connectivity index (χ3v) is 6.22. The Kier molecular flexibility index (Phi) is 5.77. The van der Waals surface area contributed by atoms with Gasteiger partial charge in [0, 0.05) is 6.42 Å². The van der Waals surface area contributed by atoms with E-state index in [0.29, 0.717) is 40.2 Å². The number of aromatic nitrogens is 2. The molecule has 2 aromatic heterocycles. The molecule has 0 spiro atoms. The first-order valence-corrected chi connectivity index (χ1v) is 10.6. The molecule has 0 aliphatic carbocycles. The first kappa shape index (κ1) is 20.0. The molecule has 0 atom stereocenters. The van der Waals surface area contributed by atoms with Crippen LogP contribution in [0.4, 0.5) is 0 Å². The summed E-state index contributed by atoms with van der Waals surface area (Å²) in [6.45, 7) is 4.54. The van der Waals surface area contributed by atoms with E-state index in [0.717, 1.165) is 11.1 Å². The monoisotopic (exact) mass is 418 g/mol. The lowest BCUT2D eigenvalue weighted by Gasteiger charge is -2.06. The number of esters is 1. The Morgan fingerprint density at radius 1 is 1.03 bits per heavy atom. The highest BCUT2D eigenvalue weighted by atomic mass is 32.1. The second-order valence-electron chi connectivity index (χ2n) is 7.27. The van der Waals surface area contributed by atoms with Crippen LogP contribution in [0.3, 0.4) is 0 Å². The normalized spacial score (nSPS) is 11.0. The van der Waals surface area contributed by atoms with E-state index in [4.69, 9.17) is 4.74 Å².